The van der Waals surface area contributed by atoms with Crippen molar-refractivity contribution < 1.29 is 0 Å². The van der Waals surface area contributed by atoms with Crippen LogP contribution in [0.15, 0.2) is 234 Å². The molecule has 3 aliphatic rings. The molecule has 1 spiro atoms. The van der Waals surface area contributed by atoms with Crippen molar-refractivity contribution in [2.24, 2.45) is 9.98 Å². The van der Waals surface area contributed by atoms with Gasteiger partial charge in [-0.2, -0.15) is 0 Å². The molecule has 5 heteroatoms. The van der Waals surface area contributed by atoms with Crippen LogP contribution in [0.25, 0.3) is 44.1 Å². The number of hydrogen-bond donors (Lipinski definition) is 1. The molecule has 0 fully saturated rings. The monoisotopic (exact) mass is 817 g/mol. The Kier molecular flexibility index (Phi) is 8.12. The van der Waals surface area contributed by atoms with Gasteiger partial charge in [-0.05, 0) is 69.3 Å². The summed E-state index contributed by atoms with van der Waals surface area (Å²) in [4.78, 5) is 18.3. The van der Waals surface area contributed by atoms with Gasteiger partial charge in [-0.15, -0.1) is 0 Å². The normalized spacial score (nSPS) is 15.4. The van der Waals surface area contributed by atoms with Gasteiger partial charge in [0.1, 0.15) is 12.0 Å². The average molecular weight is 818 g/mol. The Morgan fingerprint density at radius 3 is 1.72 bits per heavy atom. The zero-order chi connectivity index (χ0) is 42.2. The first-order chi connectivity index (χ1) is 31.8. The molecule has 1 N–H and O–H groups in total. The zero-order valence-electron chi connectivity index (χ0n) is 34.7. The molecule has 13 rings (SSSR count). The highest BCUT2D eigenvalue weighted by Gasteiger charge is 2.52. The summed E-state index contributed by atoms with van der Waals surface area (Å²) in [6, 6.07) is 80.5. The van der Waals surface area contributed by atoms with Crippen molar-refractivity contribution in [3.8, 4) is 22.4 Å². The summed E-state index contributed by atoms with van der Waals surface area (Å²) >= 11 is 0. The van der Waals surface area contributed by atoms with Crippen molar-refractivity contribution in [1.82, 2.24) is 10.3 Å². The molecule has 0 radical (unpaired) electrons. The number of anilines is 3. The minimum Gasteiger partial charge on any atom is -0.344 e. The highest BCUT2D eigenvalue weighted by atomic mass is 15.2. The van der Waals surface area contributed by atoms with Gasteiger partial charge < -0.3 is 10.2 Å². The lowest BCUT2D eigenvalue weighted by Gasteiger charge is -2.45. The molecular weight excluding hydrogens is 779 g/mol. The summed E-state index contributed by atoms with van der Waals surface area (Å²) in [7, 11) is 0. The van der Waals surface area contributed by atoms with Crippen LogP contribution in [0.3, 0.4) is 0 Å². The Morgan fingerprint density at radius 2 is 1.03 bits per heavy atom. The molecule has 10 aromatic rings. The molecule has 0 amide bonds. The van der Waals surface area contributed by atoms with E-state index < -0.39 is 11.6 Å². The third kappa shape index (κ3) is 5.34. The van der Waals surface area contributed by atoms with Crippen LogP contribution >= 0.6 is 0 Å². The number of aliphatic imine (C=N–C) groups is 2. The summed E-state index contributed by atoms with van der Waals surface area (Å²) in [6.07, 6.45) is -0.390. The number of fused-ring (bicyclic) bond motifs is 13. The predicted octanol–water partition coefficient (Wildman–Crippen LogP) is 13.7. The van der Waals surface area contributed by atoms with E-state index in [9.17, 15) is 0 Å². The van der Waals surface area contributed by atoms with Crippen LogP contribution in [0, 0.1) is 0 Å². The minimum atomic E-state index is -0.581. The Labute approximate surface area is 371 Å². The maximum Gasteiger partial charge on any atom is 0.159 e. The number of aromatic nitrogens is 1. The van der Waals surface area contributed by atoms with Crippen molar-refractivity contribution in [2.75, 3.05) is 4.90 Å². The molecule has 0 saturated carbocycles. The van der Waals surface area contributed by atoms with E-state index in [0.29, 0.717) is 5.84 Å². The average Bonchev–Trinajstić information content (AvgIpc) is 3.67. The number of pyridine rings is 1. The quantitative estimate of drug-likeness (QED) is 0.176. The SMILES string of the molecule is c1ccc(C2=NC(c3ccc4c(c3)nc(-c3ccccc3)c3ccc5c(c34)-c3ccccc3C53c4ccccc4N(c4ccccc4)c4ccccc43)NC(c3ccccc3)=N2)cc1. The number of para-hydroxylation sites is 3. The van der Waals surface area contributed by atoms with E-state index in [4.69, 9.17) is 15.0 Å². The van der Waals surface area contributed by atoms with E-state index in [1.807, 2.05) is 36.4 Å². The highest BCUT2D eigenvalue weighted by Crippen LogP contribution is 2.64. The van der Waals surface area contributed by atoms with Crippen LogP contribution in [0.5, 0.6) is 0 Å². The first-order valence-corrected chi connectivity index (χ1v) is 21.9. The van der Waals surface area contributed by atoms with Crippen molar-refractivity contribution in [1.29, 1.82) is 0 Å². The Bertz CT molecular complexity index is 3480. The van der Waals surface area contributed by atoms with E-state index in [0.717, 1.165) is 55.8 Å². The van der Waals surface area contributed by atoms with E-state index in [1.54, 1.807) is 0 Å². The Morgan fingerprint density at radius 1 is 0.469 bits per heavy atom. The fraction of sp³-hybridized carbons (Fsp3) is 0.0339. The molecular formula is C59H39N5. The molecule has 300 valence electrons. The van der Waals surface area contributed by atoms with E-state index in [1.165, 1.54) is 50.1 Å². The molecule has 2 aliphatic heterocycles. The van der Waals surface area contributed by atoms with Gasteiger partial charge in [-0.25, -0.2) is 15.0 Å². The van der Waals surface area contributed by atoms with Gasteiger partial charge in [0.2, 0.25) is 0 Å². The molecule has 1 unspecified atom stereocenters. The molecule has 1 aliphatic carbocycles. The topological polar surface area (TPSA) is 52.9 Å². The van der Waals surface area contributed by atoms with Gasteiger partial charge >= 0.3 is 0 Å². The second kappa shape index (κ2) is 14.3. The zero-order valence-corrected chi connectivity index (χ0v) is 34.7. The minimum absolute atomic E-state index is 0.390. The van der Waals surface area contributed by atoms with Crippen LogP contribution in [0.2, 0.25) is 0 Å². The van der Waals surface area contributed by atoms with Gasteiger partial charge in [-0.1, -0.05) is 194 Å². The number of rotatable bonds is 5. The molecule has 3 heterocycles. The van der Waals surface area contributed by atoms with Crippen LogP contribution in [0.4, 0.5) is 17.1 Å². The van der Waals surface area contributed by atoms with E-state index in [-0.39, 0.29) is 0 Å². The second-order valence-electron chi connectivity index (χ2n) is 16.7. The Hall–Kier alpha value is -8.41. The van der Waals surface area contributed by atoms with Gasteiger partial charge in [-0.3, -0.25) is 0 Å². The van der Waals surface area contributed by atoms with Crippen molar-refractivity contribution in [3.63, 3.8) is 0 Å². The molecule has 1 atom stereocenters. The van der Waals surface area contributed by atoms with Gasteiger partial charge in [0, 0.05) is 38.5 Å². The van der Waals surface area contributed by atoms with Crippen LogP contribution in [-0.2, 0) is 5.41 Å². The molecule has 0 bridgehead atoms. The smallest absolute Gasteiger partial charge is 0.159 e. The first kappa shape index (κ1) is 36.3. The van der Waals surface area contributed by atoms with Gasteiger partial charge in [0.15, 0.2) is 5.84 Å². The fourth-order valence-corrected chi connectivity index (χ4v) is 10.6. The van der Waals surface area contributed by atoms with Gasteiger partial charge in [0.05, 0.1) is 28.0 Å². The molecule has 1 aromatic heterocycles. The lowest BCUT2D eigenvalue weighted by Crippen LogP contribution is -2.36. The number of benzene rings is 9. The fourth-order valence-electron chi connectivity index (χ4n) is 10.6. The largest absolute Gasteiger partial charge is 0.344 e. The summed E-state index contributed by atoms with van der Waals surface area (Å²) < 4.78 is 0. The third-order valence-electron chi connectivity index (χ3n) is 13.3. The summed E-state index contributed by atoms with van der Waals surface area (Å²) in [5, 5.41) is 7.12. The second-order valence-corrected chi connectivity index (χ2v) is 16.7. The maximum atomic E-state index is 5.57. The molecule has 64 heavy (non-hydrogen) atoms. The summed E-state index contributed by atoms with van der Waals surface area (Å²) in [5.41, 5.74) is 16.4. The summed E-state index contributed by atoms with van der Waals surface area (Å²) in [5.74, 6) is 1.48. The summed E-state index contributed by atoms with van der Waals surface area (Å²) in [6.45, 7) is 0. The van der Waals surface area contributed by atoms with Crippen molar-refractivity contribution in [3.05, 3.63) is 263 Å². The van der Waals surface area contributed by atoms with Crippen LogP contribution in [-0.4, -0.2) is 16.7 Å². The van der Waals surface area contributed by atoms with E-state index in [2.05, 4.69) is 198 Å². The van der Waals surface area contributed by atoms with Crippen LogP contribution < -0.4 is 10.2 Å². The lowest BCUT2D eigenvalue weighted by atomic mass is 9.64. The maximum absolute atomic E-state index is 5.57. The molecule has 9 aromatic carbocycles. The number of nitrogens with one attached hydrogen (secondary N) is 1. The number of hydrogen-bond acceptors (Lipinski definition) is 5. The van der Waals surface area contributed by atoms with E-state index >= 15 is 0 Å². The highest BCUT2D eigenvalue weighted by molar-refractivity contribution is 6.20. The Balaban J connectivity index is 1.08. The standard InChI is InChI=1S/C59H39N5/c1-5-19-38(20-6-1)55-45-35-36-49-54(43-27-13-14-28-46(43)59(49)47-29-15-17-31-51(47)64(42-25-11-4-12-26-42)52-32-18-16-30-48(52)59)53(45)44-34-33-41(37-50(44)60-55)58-62-56(39-21-7-2-8-22-39)61-57(63-58)40-23-9-3-10-24-40/h1-37,58H,(H,61,62,63). The van der Waals surface area contributed by atoms with Gasteiger partial charge in [0.25, 0.3) is 0 Å². The first-order valence-electron chi connectivity index (χ1n) is 21.9. The van der Waals surface area contributed by atoms with Crippen molar-refractivity contribution in [2.45, 2.75) is 11.6 Å². The molecule has 5 nitrogen and oxygen atoms in total. The van der Waals surface area contributed by atoms with Crippen LogP contribution in [0.1, 0.15) is 45.1 Å². The lowest BCUT2D eigenvalue weighted by molar-refractivity contribution is 0.675. The predicted molar refractivity (Wildman–Crippen MR) is 262 cm³/mol. The number of nitrogens with zero attached hydrogens (tertiary/aromatic N) is 4. The number of amidine groups is 2. The molecule has 0 saturated heterocycles. The third-order valence-corrected chi connectivity index (χ3v) is 13.3. The van der Waals surface area contributed by atoms with Crippen molar-refractivity contribution >= 4 is 50.4 Å².